The first-order valence-corrected chi connectivity index (χ1v) is 6.60. The maximum atomic E-state index is 11.8. The topological polar surface area (TPSA) is 67.1 Å². The minimum Gasteiger partial charge on any atom is -0.398 e. The van der Waals surface area contributed by atoms with Crippen LogP contribution >= 0.6 is 27.5 Å². The smallest absolute Gasteiger partial charge is 0.323 e. The molecule has 2 aromatic rings. The quantitative estimate of drug-likeness (QED) is 0.712. The van der Waals surface area contributed by atoms with E-state index in [2.05, 4.69) is 26.6 Å². The van der Waals surface area contributed by atoms with Gasteiger partial charge in [0, 0.05) is 26.6 Å². The molecule has 0 aromatic heterocycles. The second kappa shape index (κ2) is 5.95. The summed E-state index contributed by atoms with van der Waals surface area (Å²) in [5, 5.41) is 5.95. The van der Waals surface area contributed by atoms with Crippen LogP contribution in [0.1, 0.15) is 0 Å². The molecule has 4 nitrogen and oxygen atoms in total. The van der Waals surface area contributed by atoms with Crippen molar-refractivity contribution in [3.63, 3.8) is 0 Å². The Morgan fingerprint density at radius 3 is 2.42 bits per heavy atom. The van der Waals surface area contributed by atoms with Gasteiger partial charge in [-0.15, -0.1) is 0 Å². The zero-order valence-electron chi connectivity index (χ0n) is 9.78. The van der Waals surface area contributed by atoms with Crippen LogP contribution in [0.4, 0.5) is 21.9 Å². The summed E-state index contributed by atoms with van der Waals surface area (Å²) in [4.78, 5) is 11.8. The van der Waals surface area contributed by atoms with Gasteiger partial charge in [0.15, 0.2) is 0 Å². The lowest BCUT2D eigenvalue weighted by atomic mass is 10.3. The van der Waals surface area contributed by atoms with Gasteiger partial charge in [-0.25, -0.2) is 4.79 Å². The summed E-state index contributed by atoms with van der Waals surface area (Å²) < 4.78 is 0.730. The number of nitrogens with two attached hydrogens (primary N) is 1. The number of carbonyl (C=O) groups excluding carboxylic acids is 1. The molecule has 98 valence electrons. The van der Waals surface area contributed by atoms with Gasteiger partial charge in [-0.2, -0.15) is 0 Å². The van der Waals surface area contributed by atoms with Gasteiger partial charge in [-0.3, -0.25) is 0 Å². The first kappa shape index (κ1) is 13.7. The summed E-state index contributed by atoms with van der Waals surface area (Å²) in [7, 11) is 0. The summed E-state index contributed by atoms with van der Waals surface area (Å²) in [6.07, 6.45) is 0. The molecule has 0 aliphatic rings. The number of carbonyl (C=O) groups is 1. The van der Waals surface area contributed by atoms with Crippen molar-refractivity contribution < 1.29 is 4.79 Å². The van der Waals surface area contributed by atoms with Crippen LogP contribution in [0.15, 0.2) is 46.9 Å². The van der Waals surface area contributed by atoms with E-state index in [1.807, 2.05) is 0 Å². The highest BCUT2D eigenvalue weighted by Gasteiger charge is 2.04. The SMILES string of the molecule is Nc1ccc(NC(=O)Nc2cccc(Cl)c2)cc1Br. The molecule has 0 saturated heterocycles. The highest BCUT2D eigenvalue weighted by atomic mass is 79.9. The van der Waals surface area contributed by atoms with Crippen molar-refractivity contribution in [2.45, 2.75) is 0 Å². The number of nitrogens with one attached hydrogen (secondary N) is 2. The molecule has 6 heteroatoms. The van der Waals surface area contributed by atoms with Crippen LogP contribution in [-0.2, 0) is 0 Å². The number of urea groups is 1. The largest absolute Gasteiger partial charge is 0.398 e. The summed E-state index contributed by atoms with van der Waals surface area (Å²) in [6, 6.07) is 11.7. The van der Waals surface area contributed by atoms with Gasteiger partial charge in [-0.1, -0.05) is 17.7 Å². The van der Waals surface area contributed by atoms with Gasteiger partial charge >= 0.3 is 6.03 Å². The van der Waals surface area contributed by atoms with E-state index in [-0.39, 0.29) is 6.03 Å². The van der Waals surface area contributed by atoms with E-state index in [0.717, 1.165) is 4.47 Å². The monoisotopic (exact) mass is 339 g/mol. The fourth-order valence-corrected chi connectivity index (χ4v) is 2.03. The summed E-state index contributed by atoms with van der Waals surface area (Å²) >= 11 is 9.13. The Morgan fingerprint density at radius 2 is 1.79 bits per heavy atom. The number of amides is 2. The first-order chi connectivity index (χ1) is 9.04. The van der Waals surface area contributed by atoms with Gasteiger partial charge in [0.05, 0.1) is 0 Å². The molecule has 0 radical (unpaired) electrons. The van der Waals surface area contributed by atoms with Crippen molar-refractivity contribution in [3.8, 4) is 0 Å². The Balaban J connectivity index is 2.03. The molecule has 0 heterocycles. The van der Waals surface area contributed by atoms with E-state index >= 15 is 0 Å². The fourth-order valence-electron chi connectivity index (χ4n) is 1.46. The second-order valence-corrected chi connectivity index (χ2v) is 5.12. The molecule has 0 aliphatic heterocycles. The highest BCUT2D eigenvalue weighted by Crippen LogP contribution is 2.23. The minimum atomic E-state index is -0.348. The van der Waals surface area contributed by atoms with Crippen molar-refractivity contribution in [3.05, 3.63) is 52.0 Å². The van der Waals surface area contributed by atoms with E-state index < -0.39 is 0 Å². The molecule has 0 fully saturated rings. The highest BCUT2D eigenvalue weighted by molar-refractivity contribution is 9.10. The van der Waals surface area contributed by atoms with Gasteiger partial charge in [0.2, 0.25) is 0 Å². The molecule has 2 aromatic carbocycles. The molecular weight excluding hydrogens is 330 g/mol. The molecule has 0 spiro atoms. The average molecular weight is 341 g/mol. The Hall–Kier alpha value is -1.72. The fraction of sp³-hybridized carbons (Fsp3) is 0. The van der Waals surface area contributed by atoms with Crippen molar-refractivity contribution in [2.24, 2.45) is 0 Å². The predicted octanol–water partition coefficient (Wildman–Crippen LogP) is 4.33. The van der Waals surface area contributed by atoms with Gasteiger partial charge < -0.3 is 16.4 Å². The molecule has 19 heavy (non-hydrogen) atoms. The molecule has 0 atom stereocenters. The third-order valence-electron chi connectivity index (χ3n) is 2.34. The van der Waals surface area contributed by atoms with Crippen molar-refractivity contribution in [2.75, 3.05) is 16.4 Å². The zero-order chi connectivity index (χ0) is 13.8. The molecule has 0 unspecified atom stereocenters. The Kier molecular flexibility index (Phi) is 4.29. The number of anilines is 3. The Morgan fingerprint density at radius 1 is 1.11 bits per heavy atom. The first-order valence-electron chi connectivity index (χ1n) is 5.43. The standard InChI is InChI=1S/C13H11BrClN3O/c14-11-7-10(4-5-12(11)16)18-13(19)17-9-3-1-2-8(15)6-9/h1-7H,16H2,(H2,17,18,19). The molecule has 0 aliphatic carbocycles. The number of benzene rings is 2. The van der Waals surface area contributed by atoms with Crippen LogP contribution in [0.2, 0.25) is 5.02 Å². The van der Waals surface area contributed by atoms with Crippen molar-refractivity contribution >= 4 is 50.6 Å². The van der Waals surface area contributed by atoms with Crippen LogP contribution in [0.5, 0.6) is 0 Å². The van der Waals surface area contributed by atoms with Gasteiger partial charge in [0.25, 0.3) is 0 Å². The van der Waals surface area contributed by atoms with E-state index in [1.54, 1.807) is 42.5 Å². The van der Waals surface area contributed by atoms with Crippen LogP contribution < -0.4 is 16.4 Å². The molecule has 0 bridgehead atoms. The number of hydrogen-bond donors (Lipinski definition) is 3. The second-order valence-electron chi connectivity index (χ2n) is 3.83. The number of hydrogen-bond acceptors (Lipinski definition) is 2. The van der Waals surface area contributed by atoms with Crippen molar-refractivity contribution in [1.29, 1.82) is 0 Å². The lowest BCUT2D eigenvalue weighted by molar-refractivity contribution is 0.262. The van der Waals surface area contributed by atoms with Gasteiger partial charge in [-0.05, 0) is 52.3 Å². The van der Waals surface area contributed by atoms with E-state index in [4.69, 9.17) is 17.3 Å². The lowest BCUT2D eigenvalue weighted by Gasteiger charge is -2.09. The summed E-state index contributed by atoms with van der Waals surface area (Å²) in [6.45, 7) is 0. The maximum Gasteiger partial charge on any atom is 0.323 e. The maximum absolute atomic E-state index is 11.8. The summed E-state index contributed by atoms with van der Waals surface area (Å²) in [5.41, 5.74) is 7.55. The van der Waals surface area contributed by atoms with E-state index in [0.29, 0.717) is 22.1 Å². The summed E-state index contributed by atoms with van der Waals surface area (Å²) in [5.74, 6) is 0. The van der Waals surface area contributed by atoms with Gasteiger partial charge in [0.1, 0.15) is 0 Å². The number of halogens is 2. The van der Waals surface area contributed by atoms with E-state index in [9.17, 15) is 4.79 Å². The third kappa shape index (κ3) is 3.87. The molecular formula is C13H11BrClN3O. The van der Waals surface area contributed by atoms with Crippen LogP contribution in [0.25, 0.3) is 0 Å². The van der Waals surface area contributed by atoms with E-state index in [1.165, 1.54) is 0 Å². The lowest BCUT2D eigenvalue weighted by Crippen LogP contribution is -2.19. The zero-order valence-corrected chi connectivity index (χ0v) is 12.1. The molecule has 2 rings (SSSR count). The average Bonchev–Trinajstić information content (AvgIpc) is 2.34. The Labute approximate surface area is 124 Å². The number of nitrogen functional groups attached to an aromatic ring is 1. The number of rotatable bonds is 2. The Bertz CT molecular complexity index is 619. The molecule has 4 N–H and O–H groups in total. The molecule has 0 saturated carbocycles. The predicted molar refractivity (Wildman–Crippen MR) is 82.6 cm³/mol. The molecule has 2 amide bonds. The minimum absolute atomic E-state index is 0.348. The van der Waals surface area contributed by atoms with Crippen LogP contribution in [0.3, 0.4) is 0 Å². The normalized spacial score (nSPS) is 10.0. The third-order valence-corrected chi connectivity index (χ3v) is 3.26. The van der Waals surface area contributed by atoms with Crippen LogP contribution in [0, 0.1) is 0 Å². The van der Waals surface area contributed by atoms with Crippen molar-refractivity contribution in [1.82, 2.24) is 0 Å². The van der Waals surface area contributed by atoms with Crippen LogP contribution in [-0.4, -0.2) is 6.03 Å².